The van der Waals surface area contributed by atoms with E-state index in [1.54, 1.807) is 0 Å². The van der Waals surface area contributed by atoms with Crippen molar-refractivity contribution in [2.45, 2.75) is 0 Å². The standard InChI is InChI=1S/CH2ClFPS/c2-4(5)1-3/h1H2/q+1. The number of hydrogen-bond donors (Lipinski definition) is 0. The third-order valence-electron chi connectivity index (χ3n) is 0.0940. The van der Waals surface area contributed by atoms with Crippen molar-refractivity contribution in [1.29, 1.82) is 0 Å². The van der Waals surface area contributed by atoms with E-state index < -0.39 is 12.5 Å². The third kappa shape index (κ3) is 4.74. The summed E-state index contributed by atoms with van der Waals surface area (Å²) in [6.45, 7) is 0. The van der Waals surface area contributed by atoms with Gasteiger partial charge >= 0.3 is 6.05 Å². The Morgan fingerprint density at radius 2 is 2.20 bits per heavy atom. The fraction of sp³-hybridized carbons (Fsp3) is 1.00. The van der Waals surface area contributed by atoms with Crippen molar-refractivity contribution >= 4 is 29.1 Å². The van der Waals surface area contributed by atoms with Crippen LogP contribution < -0.4 is 0 Å². The highest BCUT2D eigenvalue weighted by molar-refractivity contribution is 8.17. The van der Waals surface area contributed by atoms with Crippen molar-refractivity contribution in [3.63, 3.8) is 0 Å². The van der Waals surface area contributed by atoms with Gasteiger partial charge in [0.15, 0.2) is 23.0 Å². The summed E-state index contributed by atoms with van der Waals surface area (Å²) in [5.74, 6) is 0. The molecule has 0 aromatic carbocycles. The highest BCUT2D eigenvalue weighted by atomic mass is 35.7. The van der Waals surface area contributed by atoms with Gasteiger partial charge in [-0.15, -0.1) is 0 Å². The zero-order valence-electron chi connectivity index (χ0n) is 2.32. The van der Waals surface area contributed by atoms with Gasteiger partial charge in [-0.05, 0) is 0 Å². The highest BCUT2D eigenvalue weighted by Gasteiger charge is 1.97. The molecule has 1 unspecified atom stereocenters. The van der Waals surface area contributed by atoms with Crippen molar-refractivity contribution in [2.24, 2.45) is 0 Å². The second-order valence-electron chi connectivity index (χ2n) is 0.437. The summed E-state index contributed by atoms with van der Waals surface area (Å²) in [7, 11) is 0. The molecule has 1 atom stereocenters. The minimum atomic E-state index is -1.21. The first kappa shape index (κ1) is 5.74. The van der Waals surface area contributed by atoms with Crippen LogP contribution in [0.2, 0.25) is 0 Å². The first-order chi connectivity index (χ1) is 2.27. The summed E-state index contributed by atoms with van der Waals surface area (Å²) in [4.78, 5) is 0. The van der Waals surface area contributed by atoms with Gasteiger partial charge in [0, 0.05) is 0 Å². The monoisotopic (exact) mass is 131 g/mol. The molecule has 0 aliphatic carbocycles. The van der Waals surface area contributed by atoms with Gasteiger partial charge in [0.25, 0.3) is 6.42 Å². The lowest BCUT2D eigenvalue weighted by Gasteiger charge is -1.52. The van der Waals surface area contributed by atoms with Gasteiger partial charge < -0.3 is 0 Å². The van der Waals surface area contributed by atoms with Crippen LogP contribution in [0, 0.1) is 0 Å². The molecule has 0 aliphatic heterocycles. The molecule has 0 aliphatic rings. The predicted molar refractivity (Wildman–Crippen MR) is 26.1 cm³/mol. The normalized spacial score (nSPS) is 11.2. The van der Waals surface area contributed by atoms with Crippen molar-refractivity contribution in [3.05, 3.63) is 0 Å². The van der Waals surface area contributed by atoms with Crippen molar-refractivity contribution in [3.8, 4) is 0 Å². The molecule has 0 N–H and O–H groups in total. The molecule has 0 spiro atoms. The van der Waals surface area contributed by atoms with Gasteiger partial charge in [-0.2, -0.15) is 4.39 Å². The summed E-state index contributed by atoms with van der Waals surface area (Å²) >= 11 is 9.20. The summed E-state index contributed by atoms with van der Waals surface area (Å²) < 4.78 is 10.9. The molecule has 4 heteroatoms. The molecule has 0 saturated heterocycles. The van der Waals surface area contributed by atoms with Gasteiger partial charge in [0.1, 0.15) is 0 Å². The highest BCUT2D eigenvalue weighted by Crippen LogP contribution is 2.25. The molecule has 0 heterocycles. The maximum Gasteiger partial charge on any atom is 0.321 e. The molecule has 0 rings (SSSR count). The Hall–Kier alpha value is 0.740. The van der Waals surface area contributed by atoms with Crippen LogP contribution in [0.4, 0.5) is 4.39 Å². The Bertz CT molecular complexity index is 46.9. The van der Waals surface area contributed by atoms with Crippen LogP contribution in [0.1, 0.15) is 0 Å². The number of alkyl halides is 1. The van der Waals surface area contributed by atoms with Crippen LogP contribution in [0.5, 0.6) is 0 Å². The van der Waals surface area contributed by atoms with E-state index in [-0.39, 0.29) is 0 Å². The molecule has 0 aromatic rings. The van der Waals surface area contributed by atoms with Gasteiger partial charge in [-0.1, -0.05) is 0 Å². The first-order valence-electron chi connectivity index (χ1n) is 0.935. The maximum absolute atomic E-state index is 10.9. The van der Waals surface area contributed by atoms with Crippen molar-refractivity contribution < 1.29 is 4.39 Å². The predicted octanol–water partition coefficient (Wildman–Crippen LogP) is 2.01. The van der Waals surface area contributed by atoms with E-state index in [1.807, 2.05) is 0 Å². The third-order valence-corrected chi connectivity index (χ3v) is 0.846. The van der Waals surface area contributed by atoms with E-state index in [2.05, 4.69) is 11.8 Å². The van der Waals surface area contributed by atoms with Crippen LogP contribution in [0.3, 0.4) is 0 Å². The van der Waals surface area contributed by atoms with Crippen LogP contribution in [-0.2, 0) is 11.8 Å². The molecule has 0 nitrogen and oxygen atoms in total. The summed E-state index contributed by atoms with van der Waals surface area (Å²) in [6.07, 6.45) is -0.549. The molecule has 0 bridgehead atoms. The van der Waals surface area contributed by atoms with Crippen LogP contribution in [0.15, 0.2) is 0 Å². The summed E-state index contributed by atoms with van der Waals surface area (Å²) in [5.41, 5.74) is 0. The second-order valence-corrected chi connectivity index (χ2v) is 4.46. The van der Waals surface area contributed by atoms with Crippen LogP contribution >= 0.6 is 17.3 Å². The Morgan fingerprint density at radius 1 is 2.00 bits per heavy atom. The Balaban J connectivity index is 2.85. The van der Waals surface area contributed by atoms with E-state index in [9.17, 15) is 4.39 Å². The number of hydrogen-bond acceptors (Lipinski definition) is 1. The topological polar surface area (TPSA) is 0 Å². The van der Waals surface area contributed by atoms with Gasteiger partial charge in [-0.25, -0.2) is 0 Å². The Morgan fingerprint density at radius 3 is 2.20 bits per heavy atom. The molecule has 0 radical (unpaired) electrons. The van der Waals surface area contributed by atoms with Gasteiger partial charge in [0.05, 0.1) is 0 Å². The Labute approximate surface area is 40.5 Å². The fourth-order valence-electron chi connectivity index (χ4n) is 0. The Kier molecular flexibility index (Phi) is 3.39. The van der Waals surface area contributed by atoms with Crippen LogP contribution in [0.25, 0.3) is 0 Å². The molecule has 5 heavy (non-hydrogen) atoms. The first-order valence-corrected chi connectivity index (χ1v) is 4.38. The number of rotatable bonds is 1. The van der Waals surface area contributed by atoms with Gasteiger partial charge in [0.2, 0.25) is 0 Å². The lowest BCUT2D eigenvalue weighted by atomic mass is 11.8. The minimum Gasteiger partial charge on any atom is -0.195 e. The molecule has 0 fully saturated rings. The molecule has 0 amide bonds. The zero-order valence-corrected chi connectivity index (χ0v) is 4.79. The quantitative estimate of drug-likeness (QED) is 0.491. The van der Waals surface area contributed by atoms with Crippen molar-refractivity contribution in [1.82, 2.24) is 0 Å². The largest absolute Gasteiger partial charge is 0.321 e. The minimum absolute atomic E-state index is 0.549. The zero-order chi connectivity index (χ0) is 4.28. The van der Waals surface area contributed by atoms with E-state index in [4.69, 9.17) is 11.2 Å². The molecule has 30 valence electrons. The lowest BCUT2D eigenvalue weighted by Crippen LogP contribution is -1.43. The van der Waals surface area contributed by atoms with Crippen molar-refractivity contribution in [2.75, 3.05) is 6.42 Å². The SMILES string of the molecule is FC[P+](=S)Cl. The number of halogens is 2. The molecular formula is CH2ClFPS+. The van der Waals surface area contributed by atoms with E-state index >= 15 is 0 Å². The molecular weight excluding hydrogens is 130 g/mol. The smallest absolute Gasteiger partial charge is 0.195 e. The summed E-state index contributed by atoms with van der Waals surface area (Å²) in [5, 5.41) is 0. The molecule has 0 aromatic heterocycles. The van der Waals surface area contributed by atoms with E-state index in [0.717, 1.165) is 0 Å². The molecule has 0 saturated carbocycles. The maximum atomic E-state index is 10.9. The average Bonchev–Trinajstić information content (AvgIpc) is 1.38. The summed E-state index contributed by atoms with van der Waals surface area (Å²) in [6, 6.07) is -1.21. The van der Waals surface area contributed by atoms with Crippen LogP contribution in [-0.4, -0.2) is 6.42 Å². The van der Waals surface area contributed by atoms with E-state index in [1.165, 1.54) is 0 Å². The fourth-order valence-corrected chi connectivity index (χ4v) is 0. The lowest BCUT2D eigenvalue weighted by molar-refractivity contribution is 0.604. The van der Waals surface area contributed by atoms with E-state index in [0.29, 0.717) is 0 Å². The average molecular weight is 132 g/mol. The van der Waals surface area contributed by atoms with Gasteiger partial charge in [-0.3, -0.25) is 0 Å². The second kappa shape index (κ2) is 2.95.